The molecule has 0 spiro atoms. The Bertz CT molecular complexity index is 1230. The largest absolute Gasteiger partial charge is 0.492 e. The molecule has 0 heterocycles. The first-order chi connectivity index (χ1) is 15.7. The number of rotatable bonds is 7. The van der Waals surface area contributed by atoms with Gasteiger partial charge in [-0.05, 0) is 47.0 Å². The van der Waals surface area contributed by atoms with Gasteiger partial charge < -0.3 is 9.47 Å². The smallest absolute Gasteiger partial charge is 0.347 e. The normalized spacial score (nSPS) is 10.2. The molecular weight excluding hydrogens is 398 g/mol. The van der Waals surface area contributed by atoms with Crippen LogP contribution in [0.15, 0.2) is 103 Å². The lowest BCUT2D eigenvalue weighted by atomic mass is 10.0. The number of nitrogens with zero attached hydrogens (tertiary/aromatic N) is 1. The molecule has 0 radical (unpaired) electrons. The quantitative estimate of drug-likeness (QED) is 0.270. The molecule has 4 nitrogen and oxygen atoms in total. The van der Waals surface area contributed by atoms with Crippen molar-refractivity contribution < 1.29 is 14.3 Å². The fourth-order valence-electron chi connectivity index (χ4n) is 3.30. The van der Waals surface area contributed by atoms with E-state index in [0.29, 0.717) is 30.1 Å². The third-order valence-electron chi connectivity index (χ3n) is 4.99. The molecule has 0 bridgehead atoms. The molecule has 0 aromatic heterocycles. The highest BCUT2D eigenvalue weighted by atomic mass is 16.5. The summed E-state index contributed by atoms with van der Waals surface area (Å²) in [6.45, 7) is 0.366. The van der Waals surface area contributed by atoms with Crippen molar-refractivity contribution in [2.45, 2.75) is 6.42 Å². The number of nitriles is 1. The van der Waals surface area contributed by atoms with Gasteiger partial charge in [0.05, 0.1) is 18.2 Å². The molecule has 0 aliphatic rings. The summed E-state index contributed by atoms with van der Waals surface area (Å²) in [5.74, 6) is 0.264. The minimum atomic E-state index is -0.525. The predicted octanol–water partition coefficient (Wildman–Crippen LogP) is 6.07. The van der Waals surface area contributed by atoms with Gasteiger partial charge in [-0.2, -0.15) is 5.26 Å². The lowest BCUT2D eigenvalue weighted by Gasteiger charge is -2.12. The lowest BCUT2D eigenvalue weighted by molar-refractivity contribution is 0.0730. The Hall–Kier alpha value is -4.36. The Morgan fingerprint density at radius 1 is 0.781 bits per heavy atom. The maximum Gasteiger partial charge on any atom is 0.347 e. The van der Waals surface area contributed by atoms with Crippen LogP contribution in [0.3, 0.4) is 0 Å². The van der Waals surface area contributed by atoms with Gasteiger partial charge in [0.25, 0.3) is 0 Å². The summed E-state index contributed by atoms with van der Waals surface area (Å²) in [5.41, 5.74) is 4.15. The standard InChI is InChI=1S/C28H21NO3/c29-20-22-13-16-26(28(30)32-25-9-5-2-6-10-25)27(19-22)31-18-17-21-11-14-24(15-12-21)23-7-3-1-4-8-23/h1-16,19H,17-18H2. The Morgan fingerprint density at radius 3 is 2.12 bits per heavy atom. The summed E-state index contributed by atoms with van der Waals surface area (Å²) >= 11 is 0. The van der Waals surface area contributed by atoms with Crippen LogP contribution in [0.4, 0.5) is 0 Å². The summed E-state index contributed by atoms with van der Waals surface area (Å²) in [4.78, 5) is 12.7. The second-order valence-corrected chi connectivity index (χ2v) is 7.19. The predicted molar refractivity (Wildman–Crippen MR) is 124 cm³/mol. The SMILES string of the molecule is N#Cc1ccc(C(=O)Oc2ccccc2)c(OCCc2ccc(-c3ccccc3)cc2)c1. The van der Waals surface area contributed by atoms with Gasteiger partial charge in [-0.1, -0.05) is 72.8 Å². The van der Waals surface area contributed by atoms with E-state index in [9.17, 15) is 10.1 Å². The summed E-state index contributed by atoms with van der Waals surface area (Å²) in [6.07, 6.45) is 0.666. The minimum Gasteiger partial charge on any atom is -0.492 e. The van der Waals surface area contributed by atoms with Crippen LogP contribution in [0.2, 0.25) is 0 Å². The molecule has 0 aliphatic carbocycles. The fraction of sp³-hybridized carbons (Fsp3) is 0.0714. The molecule has 4 rings (SSSR count). The van der Waals surface area contributed by atoms with Crippen LogP contribution in [0.5, 0.6) is 11.5 Å². The molecule has 4 aromatic rings. The van der Waals surface area contributed by atoms with Crippen molar-refractivity contribution in [3.05, 3.63) is 120 Å². The van der Waals surface area contributed by atoms with E-state index in [1.165, 1.54) is 5.56 Å². The van der Waals surface area contributed by atoms with Crippen molar-refractivity contribution in [1.82, 2.24) is 0 Å². The Labute approximate surface area is 187 Å². The Kier molecular flexibility index (Phi) is 6.60. The maximum absolute atomic E-state index is 12.7. The van der Waals surface area contributed by atoms with Gasteiger partial charge in [-0.15, -0.1) is 0 Å². The monoisotopic (exact) mass is 419 g/mol. The number of benzene rings is 4. The second-order valence-electron chi connectivity index (χ2n) is 7.19. The second kappa shape index (κ2) is 10.1. The molecule has 4 heteroatoms. The molecule has 0 unspecified atom stereocenters. The first-order valence-corrected chi connectivity index (χ1v) is 10.3. The first kappa shape index (κ1) is 20.9. The summed E-state index contributed by atoms with van der Waals surface area (Å²) < 4.78 is 11.3. The number of para-hydroxylation sites is 1. The zero-order valence-corrected chi connectivity index (χ0v) is 17.4. The van der Waals surface area contributed by atoms with Crippen LogP contribution in [0.1, 0.15) is 21.5 Å². The topological polar surface area (TPSA) is 59.3 Å². The van der Waals surface area contributed by atoms with Gasteiger partial charge in [-0.25, -0.2) is 4.79 Å². The van der Waals surface area contributed by atoms with Gasteiger partial charge in [0.1, 0.15) is 17.1 Å². The minimum absolute atomic E-state index is 0.285. The van der Waals surface area contributed by atoms with E-state index in [4.69, 9.17) is 9.47 Å². The van der Waals surface area contributed by atoms with E-state index >= 15 is 0 Å². The average Bonchev–Trinajstić information content (AvgIpc) is 2.85. The van der Waals surface area contributed by atoms with E-state index in [-0.39, 0.29) is 5.56 Å². The zero-order chi connectivity index (χ0) is 22.2. The molecule has 0 saturated heterocycles. The number of ether oxygens (including phenoxy) is 2. The number of hydrogen-bond acceptors (Lipinski definition) is 4. The number of carbonyl (C=O) groups excluding carboxylic acids is 1. The molecule has 0 amide bonds. The number of hydrogen-bond donors (Lipinski definition) is 0. The van der Waals surface area contributed by atoms with E-state index in [1.807, 2.05) is 24.3 Å². The zero-order valence-electron chi connectivity index (χ0n) is 17.4. The van der Waals surface area contributed by atoms with Crippen LogP contribution in [0, 0.1) is 11.3 Å². The van der Waals surface area contributed by atoms with Crippen molar-refractivity contribution in [3.63, 3.8) is 0 Å². The van der Waals surface area contributed by atoms with Crippen molar-refractivity contribution in [1.29, 1.82) is 5.26 Å². The molecule has 0 aliphatic heterocycles. The van der Waals surface area contributed by atoms with Crippen LogP contribution in [-0.4, -0.2) is 12.6 Å². The highest BCUT2D eigenvalue weighted by Crippen LogP contribution is 2.24. The lowest BCUT2D eigenvalue weighted by Crippen LogP contribution is -2.12. The van der Waals surface area contributed by atoms with E-state index in [0.717, 1.165) is 11.1 Å². The fourth-order valence-corrected chi connectivity index (χ4v) is 3.30. The molecule has 0 N–H and O–H groups in total. The molecule has 156 valence electrons. The van der Waals surface area contributed by atoms with Crippen molar-refractivity contribution in [3.8, 4) is 28.7 Å². The molecule has 0 fully saturated rings. The highest BCUT2D eigenvalue weighted by molar-refractivity contribution is 5.94. The maximum atomic E-state index is 12.7. The van der Waals surface area contributed by atoms with Gasteiger partial charge in [-0.3, -0.25) is 0 Å². The van der Waals surface area contributed by atoms with Crippen molar-refractivity contribution in [2.24, 2.45) is 0 Å². The summed E-state index contributed by atoms with van der Waals surface area (Å²) in [6, 6.07) is 34.2. The number of esters is 1. The highest BCUT2D eigenvalue weighted by Gasteiger charge is 2.16. The number of carbonyl (C=O) groups is 1. The third-order valence-corrected chi connectivity index (χ3v) is 4.99. The third kappa shape index (κ3) is 5.21. The first-order valence-electron chi connectivity index (χ1n) is 10.3. The molecule has 0 atom stereocenters. The molecular formula is C28H21NO3. The van der Waals surface area contributed by atoms with E-state index in [1.54, 1.807) is 42.5 Å². The van der Waals surface area contributed by atoms with Gasteiger partial charge in [0.2, 0.25) is 0 Å². The van der Waals surface area contributed by atoms with E-state index < -0.39 is 5.97 Å². The van der Waals surface area contributed by atoms with Crippen molar-refractivity contribution >= 4 is 5.97 Å². The summed E-state index contributed by atoms with van der Waals surface area (Å²) in [5, 5.41) is 9.23. The Morgan fingerprint density at radius 2 is 1.44 bits per heavy atom. The van der Waals surface area contributed by atoms with Crippen LogP contribution in [-0.2, 0) is 6.42 Å². The molecule has 32 heavy (non-hydrogen) atoms. The van der Waals surface area contributed by atoms with Gasteiger partial charge in [0, 0.05) is 6.42 Å². The molecule has 0 saturated carbocycles. The Balaban J connectivity index is 1.43. The van der Waals surface area contributed by atoms with Gasteiger partial charge in [0.15, 0.2) is 0 Å². The van der Waals surface area contributed by atoms with Crippen LogP contribution in [0.25, 0.3) is 11.1 Å². The summed E-state index contributed by atoms with van der Waals surface area (Å²) in [7, 11) is 0. The molecule has 4 aromatic carbocycles. The van der Waals surface area contributed by atoms with E-state index in [2.05, 4.69) is 42.5 Å². The van der Waals surface area contributed by atoms with Crippen LogP contribution >= 0.6 is 0 Å². The van der Waals surface area contributed by atoms with Crippen molar-refractivity contribution in [2.75, 3.05) is 6.61 Å². The average molecular weight is 419 g/mol. The van der Waals surface area contributed by atoms with Gasteiger partial charge >= 0.3 is 5.97 Å². The van der Waals surface area contributed by atoms with Crippen LogP contribution < -0.4 is 9.47 Å².